The van der Waals surface area contributed by atoms with Gasteiger partial charge in [-0.25, -0.2) is 4.98 Å². The van der Waals surface area contributed by atoms with Gasteiger partial charge in [-0.15, -0.1) is 0 Å². The van der Waals surface area contributed by atoms with Gasteiger partial charge >= 0.3 is 0 Å². The van der Waals surface area contributed by atoms with Gasteiger partial charge in [-0.1, -0.05) is 0 Å². The average molecular weight is 277 g/mol. The molecule has 1 N–H and O–H groups in total. The van der Waals surface area contributed by atoms with E-state index < -0.39 is 4.92 Å². The number of hydrogen-bond acceptors (Lipinski definition) is 5. The molecule has 108 valence electrons. The first-order valence-electron chi connectivity index (χ1n) is 7.13. The van der Waals surface area contributed by atoms with E-state index in [4.69, 9.17) is 4.74 Å². The lowest BCUT2D eigenvalue weighted by Crippen LogP contribution is -2.35. The van der Waals surface area contributed by atoms with Crippen LogP contribution in [0, 0.1) is 23.0 Å². The summed E-state index contributed by atoms with van der Waals surface area (Å²) >= 11 is 0. The van der Waals surface area contributed by atoms with Crippen LogP contribution in [-0.4, -0.2) is 28.7 Å². The van der Waals surface area contributed by atoms with Gasteiger partial charge in [0, 0.05) is 18.7 Å². The van der Waals surface area contributed by atoms with E-state index >= 15 is 0 Å². The molecule has 1 aliphatic carbocycles. The fourth-order valence-corrected chi connectivity index (χ4v) is 2.79. The molecule has 2 fully saturated rings. The molecular weight excluding hydrogens is 258 g/mol. The van der Waals surface area contributed by atoms with Crippen LogP contribution in [0.4, 0.5) is 11.5 Å². The van der Waals surface area contributed by atoms with Crippen molar-refractivity contribution in [3.8, 4) is 0 Å². The third kappa shape index (κ3) is 2.90. The Hall–Kier alpha value is -1.69. The van der Waals surface area contributed by atoms with Crippen LogP contribution in [0.1, 0.15) is 31.4 Å². The second-order valence-corrected chi connectivity index (χ2v) is 5.67. The molecule has 2 atom stereocenters. The topological polar surface area (TPSA) is 77.3 Å². The van der Waals surface area contributed by atoms with Crippen LogP contribution in [0.2, 0.25) is 0 Å². The summed E-state index contributed by atoms with van der Waals surface area (Å²) in [5.74, 6) is 1.46. The maximum Gasteiger partial charge on any atom is 0.290 e. The summed E-state index contributed by atoms with van der Waals surface area (Å²) < 4.78 is 5.79. The largest absolute Gasteiger partial charge is 0.378 e. The first-order valence-corrected chi connectivity index (χ1v) is 7.13. The second kappa shape index (κ2) is 5.36. The molecule has 6 heteroatoms. The Kier molecular flexibility index (Phi) is 3.56. The van der Waals surface area contributed by atoms with Gasteiger partial charge in [0.25, 0.3) is 5.69 Å². The molecule has 1 saturated carbocycles. The van der Waals surface area contributed by atoms with Gasteiger partial charge in [0.05, 0.1) is 11.0 Å². The second-order valence-electron chi connectivity index (χ2n) is 5.67. The van der Waals surface area contributed by atoms with E-state index in [0.29, 0.717) is 17.8 Å². The van der Waals surface area contributed by atoms with Gasteiger partial charge in [-0.2, -0.15) is 0 Å². The van der Waals surface area contributed by atoms with Gasteiger partial charge in [-0.3, -0.25) is 10.1 Å². The number of ether oxygens (including phenoxy) is 1. The van der Waals surface area contributed by atoms with Crippen LogP contribution in [0.15, 0.2) is 12.1 Å². The van der Waals surface area contributed by atoms with Gasteiger partial charge in [-0.05, 0) is 44.6 Å². The molecule has 0 amide bonds. The van der Waals surface area contributed by atoms with Gasteiger partial charge in [0.15, 0.2) is 0 Å². The van der Waals surface area contributed by atoms with Crippen molar-refractivity contribution >= 4 is 11.5 Å². The van der Waals surface area contributed by atoms with E-state index in [1.165, 1.54) is 18.9 Å². The third-order valence-corrected chi connectivity index (χ3v) is 4.07. The Bertz CT molecular complexity index is 516. The molecule has 1 aliphatic heterocycles. The maximum atomic E-state index is 10.8. The molecule has 2 unspecified atom stereocenters. The minimum Gasteiger partial charge on any atom is -0.378 e. The predicted octanol–water partition coefficient (Wildman–Crippen LogP) is 2.67. The number of pyridine rings is 1. The predicted molar refractivity (Wildman–Crippen MR) is 74.7 cm³/mol. The average Bonchev–Trinajstić information content (AvgIpc) is 3.23. The van der Waals surface area contributed by atoms with Crippen LogP contribution in [0.5, 0.6) is 0 Å². The standard InChI is InChI=1S/C14H19N3O3/c1-9-12(17(18)19)4-5-14(15-9)16-11-6-7-20-13(8-11)10-2-3-10/h4-5,10-11,13H,2-3,6-8H2,1H3,(H,15,16). The van der Waals surface area contributed by atoms with Crippen molar-refractivity contribution < 1.29 is 9.66 Å². The molecule has 6 nitrogen and oxygen atoms in total. The van der Waals surface area contributed by atoms with Crippen molar-refractivity contribution in [1.29, 1.82) is 0 Å². The molecule has 0 aromatic carbocycles. The number of rotatable bonds is 4. The highest BCUT2D eigenvalue weighted by molar-refractivity contribution is 5.45. The molecule has 0 spiro atoms. The molecule has 2 heterocycles. The maximum absolute atomic E-state index is 10.8. The first-order chi connectivity index (χ1) is 9.63. The van der Waals surface area contributed by atoms with Gasteiger partial charge < -0.3 is 10.1 Å². The molecule has 0 bridgehead atoms. The minimum absolute atomic E-state index is 0.0679. The van der Waals surface area contributed by atoms with Crippen LogP contribution >= 0.6 is 0 Å². The number of nitrogens with one attached hydrogen (secondary N) is 1. The molecule has 1 aromatic heterocycles. The molecular formula is C14H19N3O3. The molecule has 2 aliphatic rings. The lowest BCUT2D eigenvalue weighted by Gasteiger charge is -2.30. The monoisotopic (exact) mass is 277 g/mol. The number of nitro groups is 1. The summed E-state index contributed by atoms with van der Waals surface area (Å²) in [6.45, 7) is 2.45. The van der Waals surface area contributed by atoms with E-state index in [2.05, 4.69) is 10.3 Å². The van der Waals surface area contributed by atoms with Crippen LogP contribution in [0.25, 0.3) is 0 Å². The highest BCUT2D eigenvalue weighted by Gasteiger charge is 2.35. The lowest BCUT2D eigenvalue weighted by atomic mass is 10.00. The number of anilines is 1. The van der Waals surface area contributed by atoms with Crippen LogP contribution in [-0.2, 0) is 4.74 Å². The molecule has 1 aromatic rings. The summed E-state index contributed by atoms with van der Waals surface area (Å²) in [4.78, 5) is 14.7. The van der Waals surface area contributed by atoms with Crippen molar-refractivity contribution in [3.05, 3.63) is 27.9 Å². The van der Waals surface area contributed by atoms with Crippen molar-refractivity contribution in [2.45, 2.75) is 44.8 Å². The molecule has 3 rings (SSSR count). The zero-order valence-corrected chi connectivity index (χ0v) is 11.5. The summed E-state index contributed by atoms with van der Waals surface area (Å²) in [5.41, 5.74) is 0.518. The number of hydrogen-bond donors (Lipinski definition) is 1. The third-order valence-electron chi connectivity index (χ3n) is 4.07. The van der Waals surface area contributed by atoms with E-state index in [1.807, 2.05) is 0 Å². The fourth-order valence-electron chi connectivity index (χ4n) is 2.79. The Balaban J connectivity index is 1.64. The van der Waals surface area contributed by atoms with E-state index in [0.717, 1.165) is 31.2 Å². The summed E-state index contributed by atoms with van der Waals surface area (Å²) in [6.07, 6.45) is 4.90. The summed E-state index contributed by atoms with van der Waals surface area (Å²) in [7, 11) is 0. The van der Waals surface area contributed by atoms with Crippen LogP contribution in [0.3, 0.4) is 0 Å². The van der Waals surface area contributed by atoms with E-state index in [-0.39, 0.29) is 5.69 Å². The highest BCUT2D eigenvalue weighted by Crippen LogP contribution is 2.38. The zero-order valence-electron chi connectivity index (χ0n) is 11.5. The normalized spacial score (nSPS) is 26.2. The minimum atomic E-state index is -0.399. The summed E-state index contributed by atoms with van der Waals surface area (Å²) in [6, 6.07) is 3.55. The van der Waals surface area contributed by atoms with Crippen molar-refractivity contribution in [2.75, 3.05) is 11.9 Å². The van der Waals surface area contributed by atoms with Gasteiger partial charge in [0.2, 0.25) is 0 Å². The van der Waals surface area contributed by atoms with Crippen molar-refractivity contribution in [3.63, 3.8) is 0 Å². The van der Waals surface area contributed by atoms with E-state index in [1.54, 1.807) is 13.0 Å². The fraction of sp³-hybridized carbons (Fsp3) is 0.643. The Morgan fingerprint density at radius 1 is 1.40 bits per heavy atom. The number of aryl methyl sites for hydroxylation is 1. The SMILES string of the molecule is Cc1nc(NC2CCOC(C3CC3)C2)ccc1[N+](=O)[O-]. The molecule has 1 saturated heterocycles. The smallest absolute Gasteiger partial charge is 0.290 e. The van der Waals surface area contributed by atoms with Gasteiger partial charge in [0.1, 0.15) is 11.5 Å². The van der Waals surface area contributed by atoms with Crippen molar-refractivity contribution in [2.24, 2.45) is 5.92 Å². The Morgan fingerprint density at radius 3 is 2.85 bits per heavy atom. The lowest BCUT2D eigenvalue weighted by molar-refractivity contribution is -0.385. The Morgan fingerprint density at radius 2 is 2.20 bits per heavy atom. The van der Waals surface area contributed by atoms with Crippen molar-refractivity contribution in [1.82, 2.24) is 4.98 Å². The first kappa shape index (κ1) is 13.3. The zero-order chi connectivity index (χ0) is 14.1. The number of nitrogens with zero attached hydrogens (tertiary/aromatic N) is 2. The highest BCUT2D eigenvalue weighted by atomic mass is 16.6. The van der Waals surface area contributed by atoms with Crippen LogP contribution < -0.4 is 5.32 Å². The number of aromatic nitrogens is 1. The summed E-state index contributed by atoms with van der Waals surface area (Å²) in [5, 5.41) is 14.2. The quantitative estimate of drug-likeness (QED) is 0.676. The molecule has 0 radical (unpaired) electrons. The Labute approximate surface area is 117 Å². The van der Waals surface area contributed by atoms with E-state index in [9.17, 15) is 10.1 Å². The molecule has 20 heavy (non-hydrogen) atoms.